The zero-order valence-corrected chi connectivity index (χ0v) is 18.1. The number of nitrogens with zero attached hydrogens (tertiary/aromatic N) is 4. The molecule has 9 heteroatoms. The van der Waals surface area contributed by atoms with Gasteiger partial charge in [-0.1, -0.05) is 29.3 Å². The number of amides is 1. The number of allylic oxidation sites excluding steroid dienone is 1. The lowest BCUT2D eigenvalue weighted by molar-refractivity contribution is -0.112. The Morgan fingerprint density at radius 2 is 1.87 bits per heavy atom. The third-order valence-corrected chi connectivity index (χ3v) is 4.93. The van der Waals surface area contributed by atoms with E-state index >= 15 is 0 Å². The summed E-state index contributed by atoms with van der Waals surface area (Å²) in [6, 6.07) is 14.1. The standard InChI is InChI=1S/C22H17Cl2N5O2/c1-14(20-18(23)4-3-5-19(20)24)10-16-12-26-22(28-21(16)29(13-30)31-2)27-17-8-6-15(11-25)7-9-17/h3-10,12-13H,1-2H3,(H,26,27,28)/b14-10+. The van der Waals surface area contributed by atoms with E-state index < -0.39 is 0 Å². The predicted octanol–water partition coefficient (Wildman–Crippen LogP) is 5.48. The highest BCUT2D eigenvalue weighted by atomic mass is 35.5. The fourth-order valence-corrected chi connectivity index (χ4v) is 3.53. The van der Waals surface area contributed by atoms with Crippen molar-refractivity contribution < 1.29 is 9.63 Å². The first-order valence-corrected chi connectivity index (χ1v) is 9.78. The number of halogens is 2. The van der Waals surface area contributed by atoms with Gasteiger partial charge in [-0.2, -0.15) is 15.3 Å². The van der Waals surface area contributed by atoms with E-state index in [0.29, 0.717) is 38.8 Å². The first kappa shape index (κ1) is 22.2. The second kappa shape index (κ2) is 10.0. The average molecular weight is 454 g/mol. The number of benzene rings is 2. The maximum Gasteiger partial charge on any atom is 0.239 e. The Labute approximate surface area is 189 Å². The molecule has 0 radical (unpaired) electrons. The lowest BCUT2D eigenvalue weighted by atomic mass is 10.0. The van der Waals surface area contributed by atoms with Crippen LogP contribution in [0, 0.1) is 11.3 Å². The summed E-state index contributed by atoms with van der Waals surface area (Å²) in [4.78, 5) is 25.4. The van der Waals surface area contributed by atoms with Crippen LogP contribution in [-0.4, -0.2) is 23.5 Å². The van der Waals surface area contributed by atoms with Crippen molar-refractivity contribution in [3.8, 4) is 6.07 Å². The molecular weight excluding hydrogens is 437 g/mol. The molecule has 0 saturated heterocycles. The molecule has 156 valence electrons. The zero-order chi connectivity index (χ0) is 22.4. The van der Waals surface area contributed by atoms with Crippen LogP contribution in [0.1, 0.15) is 23.6 Å². The van der Waals surface area contributed by atoms with Crippen LogP contribution < -0.4 is 10.4 Å². The second-order valence-corrected chi connectivity index (χ2v) is 7.14. The molecule has 1 heterocycles. The highest BCUT2D eigenvalue weighted by molar-refractivity contribution is 6.37. The molecule has 1 N–H and O–H groups in total. The van der Waals surface area contributed by atoms with Crippen molar-refractivity contribution in [2.75, 3.05) is 17.5 Å². The smallest absolute Gasteiger partial charge is 0.239 e. The third kappa shape index (κ3) is 5.19. The van der Waals surface area contributed by atoms with Crippen LogP contribution in [0.15, 0.2) is 48.7 Å². The zero-order valence-electron chi connectivity index (χ0n) is 16.6. The van der Waals surface area contributed by atoms with E-state index in [2.05, 4.69) is 21.4 Å². The maximum atomic E-state index is 11.5. The summed E-state index contributed by atoms with van der Waals surface area (Å²) < 4.78 is 0. The summed E-state index contributed by atoms with van der Waals surface area (Å²) in [7, 11) is 1.36. The van der Waals surface area contributed by atoms with Crippen molar-refractivity contribution in [1.82, 2.24) is 9.97 Å². The number of nitriles is 1. The SMILES string of the molecule is CON(C=O)c1nc(Nc2ccc(C#N)cc2)ncc1/C=C(\C)c1c(Cl)cccc1Cl. The second-order valence-electron chi connectivity index (χ2n) is 6.32. The summed E-state index contributed by atoms with van der Waals surface area (Å²) in [6.07, 6.45) is 3.82. The molecule has 7 nitrogen and oxygen atoms in total. The van der Waals surface area contributed by atoms with Crippen LogP contribution in [0.3, 0.4) is 0 Å². The van der Waals surface area contributed by atoms with Gasteiger partial charge in [-0.3, -0.25) is 9.63 Å². The number of hydrogen-bond donors (Lipinski definition) is 1. The molecule has 1 amide bonds. The van der Waals surface area contributed by atoms with Crippen LogP contribution in [0.5, 0.6) is 0 Å². The number of carbonyl (C=O) groups is 1. The molecule has 0 fully saturated rings. The van der Waals surface area contributed by atoms with Crippen LogP contribution in [0.2, 0.25) is 10.0 Å². The molecule has 0 aliphatic carbocycles. The first-order chi connectivity index (χ1) is 15.0. The normalized spacial score (nSPS) is 11.0. The van der Waals surface area contributed by atoms with Crippen molar-refractivity contribution in [2.24, 2.45) is 0 Å². The van der Waals surface area contributed by atoms with Crippen LogP contribution in [0.25, 0.3) is 11.6 Å². The van der Waals surface area contributed by atoms with Crippen molar-refractivity contribution in [2.45, 2.75) is 6.92 Å². The van der Waals surface area contributed by atoms with E-state index in [1.165, 1.54) is 7.11 Å². The molecule has 0 unspecified atom stereocenters. The average Bonchev–Trinajstić information content (AvgIpc) is 2.76. The fraction of sp³-hybridized carbons (Fsp3) is 0.0909. The molecule has 0 saturated carbocycles. The van der Waals surface area contributed by atoms with Crippen molar-refractivity contribution in [1.29, 1.82) is 5.26 Å². The molecule has 0 bridgehead atoms. The van der Waals surface area contributed by atoms with Crippen molar-refractivity contribution in [3.63, 3.8) is 0 Å². The molecule has 3 aromatic rings. The van der Waals surface area contributed by atoms with E-state index in [1.807, 2.05) is 6.92 Å². The predicted molar refractivity (Wildman–Crippen MR) is 122 cm³/mol. The van der Waals surface area contributed by atoms with E-state index in [4.69, 9.17) is 33.3 Å². The Balaban J connectivity index is 2.02. The number of rotatable bonds is 7. The van der Waals surface area contributed by atoms with Crippen LogP contribution in [-0.2, 0) is 9.63 Å². The number of hydrogen-bond acceptors (Lipinski definition) is 6. The van der Waals surface area contributed by atoms with Gasteiger partial charge < -0.3 is 5.32 Å². The topological polar surface area (TPSA) is 91.1 Å². The number of carbonyl (C=O) groups excluding carboxylic acids is 1. The Morgan fingerprint density at radius 3 is 2.45 bits per heavy atom. The van der Waals surface area contributed by atoms with Crippen LogP contribution >= 0.6 is 23.2 Å². The Bertz CT molecular complexity index is 1150. The Morgan fingerprint density at radius 1 is 1.19 bits per heavy atom. The number of nitrogens with one attached hydrogen (secondary N) is 1. The monoisotopic (exact) mass is 453 g/mol. The number of hydroxylamine groups is 1. The minimum Gasteiger partial charge on any atom is -0.324 e. The molecular formula is C22H17Cl2N5O2. The lowest BCUT2D eigenvalue weighted by Crippen LogP contribution is -2.22. The van der Waals surface area contributed by atoms with Gasteiger partial charge in [0.2, 0.25) is 12.4 Å². The number of anilines is 3. The minimum absolute atomic E-state index is 0.228. The van der Waals surface area contributed by atoms with Gasteiger partial charge >= 0.3 is 0 Å². The minimum atomic E-state index is 0.228. The van der Waals surface area contributed by atoms with Crippen molar-refractivity contribution in [3.05, 3.63) is 75.4 Å². The summed E-state index contributed by atoms with van der Waals surface area (Å²) >= 11 is 12.6. The highest BCUT2D eigenvalue weighted by Crippen LogP contribution is 2.33. The van der Waals surface area contributed by atoms with Gasteiger partial charge in [0.25, 0.3) is 0 Å². The summed E-state index contributed by atoms with van der Waals surface area (Å²) in [6.45, 7) is 1.85. The van der Waals surface area contributed by atoms with Gasteiger partial charge in [-0.05, 0) is 55.0 Å². The summed E-state index contributed by atoms with van der Waals surface area (Å²) in [5, 5.41) is 13.9. The molecule has 0 aliphatic heterocycles. The third-order valence-electron chi connectivity index (χ3n) is 4.30. The molecule has 0 atom stereocenters. The Hall–Kier alpha value is -3.44. The van der Waals surface area contributed by atoms with E-state index in [1.54, 1.807) is 54.7 Å². The van der Waals surface area contributed by atoms with Gasteiger partial charge in [0.1, 0.15) is 0 Å². The highest BCUT2D eigenvalue weighted by Gasteiger charge is 2.15. The van der Waals surface area contributed by atoms with E-state index in [9.17, 15) is 4.79 Å². The molecule has 2 aromatic carbocycles. The van der Waals surface area contributed by atoms with Gasteiger partial charge in [-0.15, -0.1) is 0 Å². The van der Waals surface area contributed by atoms with Gasteiger partial charge in [0.15, 0.2) is 5.82 Å². The quantitative estimate of drug-likeness (QED) is 0.375. The van der Waals surface area contributed by atoms with Gasteiger partial charge in [-0.25, -0.2) is 4.98 Å². The number of aromatic nitrogens is 2. The lowest BCUT2D eigenvalue weighted by Gasteiger charge is -2.17. The largest absolute Gasteiger partial charge is 0.324 e. The molecule has 1 aromatic heterocycles. The molecule has 0 aliphatic rings. The van der Waals surface area contributed by atoms with Crippen molar-refractivity contribution >= 4 is 58.7 Å². The fourth-order valence-electron chi connectivity index (χ4n) is 2.84. The van der Waals surface area contributed by atoms with E-state index in [-0.39, 0.29) is 11.8 Å². The van der Waals surface area contributed by atoms with Gasteiger partial charge in [0.05, 0.1) is 18.7 Å². The van der Waals surface area contributed by atoms with Crippen LogP contribution in [0.4, 0.5) is 17.5 Å². The maximum absolute atomic E-state index is 11.5. The molecule has 0 spiro atoms. The van der Waals surface area contributed by atoms with E-state index in [0.717, 1.165) is 10.6 Å². The molecule has 31 heavy (non-hydrogen) atoms. The first-order valence-electron chi connectivity index (χ1n) is 9.02. The Kier molecular flexibility index (Phi) is 7.21. The summed E-state index contributed by atoms with van der Waals surface area (Å²) in [5.74, 6) is 0.473. The molecule has 3 rings (SSSR count). The summed E-state index contributed by atoms with van der Waals surface area (Å²) in [5.41, 5.74) is 3.17. The van der Waals surface area contributed by atoms with Gasteiger partial charge in [0, 0.05) is 33.1 Å².